The van der Waals surface area contributed by atoms with Gasteiger partial charge >= 0.3 is 6.03 Å². The molecular formula is C18H23N5O2. The van der Waals surface area contributed by atoms with Gasteiger partial charge in [-0.15, -0.1) is 0 Å². The van der Waals surface area contributed by atoms with Gasteiger partial charge in [0.25, 0.3) is 5.91 Å². The quantitative estimate of drug-likeness (QED) is 0.796. The van der Waals surface area contributed by atoms with Crippen LogP contribution in [0, 0.1) is 0 Å². The molecule has 0 bridgehead atoms. The summed E-state index contributed by atoms with van der Waals surface area (Å²) >= 11 is 0. The van der Waals surface area contributed by atoms with Crippen LogP contribution in [0.3, 0.4) is 0 Å². The molecule has 3 amide bonds. The molecule has 3 N–H and O–H groups in total. The first kappa shape index (κ1) is 17.0. The minimum Gasteiger partial charge on any atom is -0.355 e. The van der Waals surface area contributed by atoms with Gasteiger partial charge in [0.1, 0.15) is 0 Å². The number of likely N-dealkylation sites (tertiary alicyclic amines) is 1. The number of piperidine rings is 1. The Morgan fingerprint density at radius 3 is 3.00 bits per heavy atom. The van der Waals surface area contributed by atoms with Crippen molar-refractivity contribution in [3.8, 4) is 0 Å². The molecule has 1 aliphatic heterocycles. The predicted octanol–water partition coefficient (Wildman–Crippen LogP) is 2.21. The number of H-pyrrole nitrogens is 1. The van der Waals surface area contributed by atoms with Crippen molar-refractivity contribution in [1.82, 2.24) is 25.7 Å². The van der Waals surface area contributed by atoms with E-state index in [4.69, 9.17) is 0 Å². The predicted molar refractivity (Wildman–Crippen MR) is 94.0 cm³/mol. The standard InChI is InChI=1S/C18H23N5O2/c1-19-17(24)14-6-4-5-13(9-14)10-20-18(25)23-8-3-2-7-16(23)15-11-21-22-12-15/h4-6,9,11-12,16H,2-3,7-8,10H2,1H3,(H,19,24)(H,20,25)(H,21,22). The number of benzene rings is 1. The minimum absolute atomic E-state index is 0.0599. The van der Waals surface area contributed by atoms with E-state index in [0.717, 1.165) is 36.9 Å². The Morgan fingerprint density at radius 2 is 2.24 bits per heavy atom. The molecule has 1 aromatic carbocycles. The van der Waals surface area contributed by atoms with Gasteiger partial charge in [0.05, 0.1) is 12.2 Å². The lowest BCUT2D eigenvalue weighted by Crippen LogP contribution is -2.44. The van der Waals surface area contributed by atoms with Crippen LogP contribution in [0.5, 0.6) is 0 Å². The molecule has 132 valence electrons. The van der Waals surface area contributed by atoms with Crippen molar-refractivity contribution in [3.05, 3.63) is 53.3 Å². The fourth-order valence-corrected chi connectivity index (χ4v) is 3.21. The molecular weight excluding hydrogens is 318 g/mol. The molecule has 0 spiro atoms. The van der Waals surface area contributed by atoms with E-state index in [1.165, 1.54) is 0 Å². The van der Waals surface area contributed by atoms with Crippen molar-refractivity contribution >= 4 is 11.9 Å². The van der Waals surface area contributed by atoms with Gasteiger partial charge < -0.3 is 15.5 Å². The summed E-state index contributed by atoms with van der Waals surface area (Å²) < 4.78 is 0. The van der Waals surface area contributed by atoms with E-state index in [2.05, 4.69) is 20.8 Å². The first-order valence-corrected chi connectivity index (χ1v) is 8.53. The highest BCUT2D eigenvalue weighted by Gasteiger charge is 2.28. The SMILES string of the molecule is CNC(=O)c1cccc(CNC(=O)N2CCCCC2c2cn[nH]c2)c1. The number of urea groups is 1. The summed E-state index contributed by atoms with van der Waals surface area (Å²) in [6.07, 6.45) is 6.69. The molecule has 1 atom stereocenters. The van der Waals surface area contributed by atoms with Gasteiger partial charge in [0, 0.05) is 37.5 Å². The molecule has 7 heteroatoms. The molecule has 1 aromatic heterocycles. The Bertz CT molecular complexity index is 729. The zero-order chi connectivity index (χ0) is 17.6. The van der Waals surface area contributed by atoms with E-state index < -0.39 is 0 Å². The summed E-state index contributed by atoms with van der Waals surface area (Å²) in [5.41, 5.74) is 2.52. The summed E-state index contributed by atoms with van der Waals surface area (Å²) in [6.45, 7) is 1.12. The Hall–Kier alpha value is -2.83. The third-order valence-corrected chi connectivity index (χ3v) is 4.53. The first-order valence-electron chi connectivity index (χ1n) is 8.53. The molecule has 0 saturated carbocycles. The fraction of sp³-hybridized carbons (Fsp3) is 0.389. The average Bonchev–Trinajstić information content (AvgIpc) is 3.20. The monoisotopic (exact) mass is 341 g/mol. The fourth-order valence-electron chi connectivity index (χ4n) is 3.21. The van der Waals surface area contributed by atoms with Gasteiger partial charge in [-0.3, -0.25) is 9.89 Å². The topological polar surface area (TPSA) is 90.1 Å². The van der Waals surface area contributed by atoms with E-state index in [0.29, 0.717) is 12.1 Å². The normalized spacial score (nSPS) is 17.2. The summed E-state index contributed by atoms with van der Waals surface area (Å²) in [5, 5.41) is 12.4. The van der Waals surface area contributed by atoms with Crippen LogP contribution in [0.2, 0.25) is 0 Å². The number of aromatic amines is 1. The van der Waals surface area contributed by atoms with Gasteiger partial charge in [-0.1, -0.05) is 12.1 Å². The molecule has 0 aliphatic carbocycles. The zero-order valence-electron chi connectivity index (χ0n) is 14.3. The second-order valence-electron chi connectivity index (χ2n) is 6.17. The van der Waals surface area contributed by atoms with Crippen LogP contribution in [0.15, 0.2) is 36.7 Å². The summed E-state index contributed by atoms with van der Waals surface area (Å²) in [6, 6.07) is 7.24. The third kappa shape index (κ3) is 3.99. The molecule has 1 unspecified atom stereocenters. The highest BCUT2D eigenvalue weighted by atomic mass is 16.2. The molecule has 3 rings (SSSR count). The Balaban J connectivity index is 1.64. The van der Waals surface area contributed by atoms with E-state index in [9.17, 15) is 9.59 Å². The summed E-state index contributed by atoms with van der Waals surface area (Å²) in [4.78, 5) is 26.2. The summed E-state index contributed by atoms with van der Waals surface area (Å²) in [7, 11) is 1.60. The second-order valence-corrected chi connectivity index (χ2v) is 6.17. The molecule has 7 nitrogen and oxygen atoms in total. The number of carbonyl (C=O) groups excluding carboxylic acids is 2. The lowest BCUT2D eigenvalue weighted by atomic mass is 9.98. The van der Waals surface area contributed by atoms with Crippen LogP contribution in [-0.4, -0.2) is 40.6 Å². The lowest BCUT2D eigenvalue weighted by Gasteiger charge is -2.35. The number of hydrogen-bond acceptors (Lipinski definition) is 3. The Kier molecular flexibility index (Phi) is 5.33. The van der Waals surface area contributed by atoms with Crippen molar-refractivity contribution in [2.24, 2.45) is 0 Å². The maximum absolute atomic E-state index is 12.7. The van der Waals surface area contributed by atoms with Gasteiger partial charge in [-0.05, 0) is 37.0 Å². The number of aromatic nitrogens is 2. The molecule has 25 heavy (non-hydrogen) atoms. The van der Waals surface area contributed by atoms with E-state index in [-0.39, 0.29) is 18.0 Å². The molecule has 1 aliphatic rings. The lowest BCUT2D eigenvalue weighted by molar-refractivity contribution is 0.0963. The van der Waals surface area contributed by atoms with E-state index in [1.807, 2.05) is 23.2 Å². The minimum atomic E-state index is -0.135. The zero-order valence-corrected chi connectivity index (χ0v) is 14.3. The number of nitrogens with zero attached hydrogens (tertiary/aromatic N) is 2. The van der Waals surface area contributed by atoms with Crippen molar-refractivity contribution < 1.29 is 9.59 Å². The maximum Gasteiger partial charge on any atom is 0.318 e. The maximum atomic E-state index is 12.7. The van der Waals surface area contributed by atoms with Crippen molar-refractivity contribution in [1.29, 1.82) is 0 Å². The number of nitrogens with one attached hydrogen (secondary N) is 3. The van der Waals surface area contributed by atoms with Crippen molar-refractivity contribution in [2.45, 2.75) is 31.8 Å². The molecule has 0 radical (unpaired) electrons. The summed E-state index contributed by atoms with van der Waals surface area (Å²) in [5.74, 6) is -0.135. The van der Waals surface area contributed by atoms with E-state index >= 15 is 0 Å². The number of hydrogen-bond donors (Lipinski definition) is 3. The second kappa shape index (κ2) is 7.83. The van der Waals surface area contributed by atoms with E-state index in [1.54, 1.807) is 25.4 Å². The Morgan fingerprint density at radius 1 is 1.36 bits per heavy atom. The van der Waals surface area contributed by atoms with Gasteiger partial charge in [-0.25, -0.2) is 4.79 Å². The van der Waals surface area contributed by atoms with Crippen LogP contribution in [0.4, 0.5) is 4.79 Å². The van der Waals surface area contributed by atoms with Gasteiger partial charge in [-0.2, -0.15) is 5.10 Å². The van der Waals surface area contributed by atoms with Crippen LogP contribution in [0.1, 0.15) is 46.8 Å². The molecule has 2 heterocycles. The molecule has 2 aromatic rings. The Labute approximate surface area is 146 Å². The van der Waals surface area contributed by atoms with Crippen LogP contribution in [0.25, 0.3) is 0 Å². The van der Waals surface area contributed by atoms with Crippen molar-refractivity contribution in [3.63, 3.8) is 0 Å². The highest BCUT2D eigenvalue weighted by molar-refractivity contribution is 5.94. The number of amides is 3. The average molecular weight is 341 g/mol. The third-order valence-electron chi connectivity index (χ3n) is 4.53. The van der Waals surface area contributed by atoms with Crippen LogP contribution in [-0.2, 0) is 6.54 Å². The smallest absolute Gasteiger partial charge is 0.318 e. The van der Waals surface area contributed by atoms with Crippen molar-refractivity contribution in [2.75, 3.05) is 13.6 Å². The van der Waals surface area contributed by atoms with Crippen LogP contribution >= 0.6 is 0 Å². The van der Waals surface area contributed by atoms with Gasteiger partial charge in [0.2, 0.25) is 0 Å². The first-order chi connectivity index (χ1) is 12.2. The number of rotatable bonds is 4. The van der Waals surface area contributed by atoms with Crippen LogP contribution < -0.4 is 10.6 Å². The molecule has 1 saturated heterocycles. The number of carbonyl (C=O) groups is 2. The van der Waals surface area contributed by atoms with Gasteiger partial charge in [0.15, 0.2) is 0 Å². The highest BCUT2D eigenvalue weighted by Crippen LogP contribution is 2.30. The largest absolute Gasteiger partial charge is 0.355 e. The molecule has 1 fully saturated rings.